The normalized spacial score (nSPS) is 17.5. The Labute approximate surface area is 216 Å². The van der Waals surface area contributed by atoms with Crippen LogP contribution in [0.3, 0.4) is 0 Å². The predicted molar refractivity (Wildman–Crippen MR) is 136 cm³/mol. The van der Waals surface area contributed by atoms with Crippen LogP contribution >= 0.6 is 0 Å². The number of rotatable bonds is 15. The second kappa shape index (κ2) is 14.9. The highest BCUT2D eigenvalue weighted by molar-refractivity contribution is 5.94. The van der Waals surface area contributed by atoms with Gasteiger partial charge in [-0.2, -0.15) is 0 Å². The number of carboxylic acids is 1. The first-order chi connectivity index (χ1) is 17.6. The third kappa shape index (κ3) is 9.47. The van der Waals surface area contributed by atoms with Crippen molar-refractivity contribution in [2.45, 2.75) is 75.5 Å². The number of primary amides is 1. The number of nitrogens with two attached hydrogens (primary N) is 3. The smallest absolute Gasteiger partial charge is 0.326 e. The fourth-order valence-corrected chi connectivity index (χ4v) is 4.28. The van der Waals surface area contributed by atoms with E-state index in [4.69, 9.17) is 17.2 Å². The molecule has 12 heteroatoms. The lowest BCUT2D eigenvalue weighted by Gasteiger charge is -2.29. The highest BCUT2D eigenvalue weighted by Crippen LogP contribution is 2.20. The Kier molecular flexibility index (Phi) is 12.0. The van der Waals surface area contributed by atoms with Crippen LogP contribution in [0.15, 0.2) is 30.3 Å². The zero-order valence-corrected chi connectivity index (χ0v) is 20.9. The van der Waals surface area contributed by atoms with Crippen LogP contribution in [0.4, 0.5) is 0 Å². The molecule has 0 radical (unpaired) electrons. The number of amides is 4. The Bertz CT molecular complexity index is 943. The van der Waals surface area contributed by atoms with Crippen molar-refractivity contribution >= 4 is 29.6 Å². The predicted octanol–water partition coefficient (Wildman–Crippen LogP) is -1.00. The van der Waals surface area contributed by atoms with E-state index >= 15 is 0 Å². The summed E-state index contributed by atoms with van der Waals surface area (Å²) in [4.78, 5) is 63.4. The van der Waals surface area contributed by atoms with Crippen molar-refractivity contribution in [2.24, 2.45) is 17.2 Å². The minimum absolute atomic E-state index is 0.0267. The van der Waals surface area contributed by atoms with Gasteiger partial charge in [-0.25, -0.2) is 4.79 Å². The molecule has 1 saturated heterocycles. The van der Waals surface area contributed by atoms with Crippen molar-refractivity contribution in [3.63, 3.8) is 0 Å². The van der Waals surface area contributed by atoms with Gasteiger partial charge in [0.05, 0.1) is 6.04 Å². The van der Waals surface area contributed by atoms with Gasteiger partial charge < -0.3 is 37.8 Å². The van der Waals surface area contributed by atoms with Crippen molar-refractivity contribution in [1.82, 2.24) is 15.5 Å². The number of hydrogen-bond acceptors (Lipinski definition) is 7. The quantitative estimate of drug-likeness (QED) is 0.158. The number of unbranched alkanes of at least 4 members (excludes halogenated alkanes) is 1. The first-order valence-electron chi connectivity index (χ1n) is 12.6. The number of carbonyl (C=O) groups excluding carboxylic acids is 4. The van der Waals surface area contributed by atoms with Crippen LogP contribution in [-0.4, -0.2) is 76.9 Å². The number of carboxylic acid groups (broad SMARTS) is 1. The standard InChI is InChI=1S/C25H38N6O6/c26-13-5-4-9-18(29-22(33)17(27)11-12-21(28)32)23(34)30-19(15-16-7-2-1-3-8-16)24(35)31-14-6-10-20(31)25(36)37/h1-3,7-8,17-20H,4-6,9-15,26-27H2,(H2,28,32)(H,29,33)(H,30,34)(H,36,37). The van der Waals surface area contributed by atoms with Crippen LogP contribution in [0.25, 0.3) is 0 Å². The van der Waals surface area contributed by atoms with E-state index in [-0.39, 0.29) is 32.2 Å². The second-order valence-electron chi connectivity index (χ2n) is 9.24. The molecule has 204 valence electrons. The van der Waals surface area contributed by atoms with Gasteiger partial charge in [-0.3, -0.25) is 19.2 Å². The molecule has 0 bridgehead atoms. The highest BCUT2D eigenvalue weighted by atomic mass is 16.4. The largest absolute Gasteiger partial charge is 0.480 e. The van der Waals surface area contributed by atoms with Crippen LogP contribution in [0.2, 0.25) is 0 Å². The van der Waals surface area contributed by atoms with Crippen molar-refractivity contribution in [3.8, 4) is 0 Å². The summed E-state index contributed by atoms with van der Waals surface area (Å²) in [6.07, 6.45) is 2.40. The summed E-state index contributed by atoms with van der Waals surface area (Å²) < 4.78 is 0. The van der Waals surface area contributed by atoms with Crippen molar-refractivity contribution in [2.75, 3.05) is 13.1 Å². The average Bonchev–Trinajstić information content (AvgIpc) is 3.37. The molecule has 1 fully saturated rings. The van der Waals surface area contributed by atoms with Crippen molar-refractivity contribution in [3.05, 3.63) is 35.9 Å². The van der Waals surface area contributed by atoms with E-state index in [9.17, 15) is 29.1 Å². The summed E-state index contributed by atoms with van der Waals surface area (Å²) in [6, 6.07) is 5.02. The number of carbonyl (C=O) groups is 5. The topological polar surface area (TPSA) is 211 Å². The zero-order chi connectivity index (χ0) is 27.4. The molecule has 2 rings (SSSR count). The molecule has 1 aliphatic rings. The summed E-state index contributed by atoms with van der Waals surface area (Å²) in [7, 11) is 0. The van der Waals surface area contributed by atoms with Gasteiger partial charge in [-0.15, -0.1) is 0 Å². The molecule has 12 nitrogen and oxygen atoms in total. The summed E-state index contributed by atoms with van der Waals surface area (Å²) in [5.41, 5.74) is 17.3. The summed E-state index contributed by atoms with van der Waals surface area (Å²) >= 11 is 0. The van der Waals surface area contributed by atoms with Crippen LogP contribution < -0.4 is 27.8 Å². The SMILES string of the molecule is NCCCCC(NC(=O)C(N)CCC(N)=O)C(=O)NC(Cc1ccccc1)C(=O)N1CCCC1C(=O)O. The lowest BCUT2D eigenvalue weighted by atomic mass is 10.0. The number of nitrogens with one attached hydrogen (secondary N) is 2. The molecule has 1 aliphatic heterocycles. The van der Waals surface area contributed by atoms with Gasteiger partial charge >= 0.3 is 5.97 Å². The second-order valence-corrected chi connectivity index (χ2v) is 9.24. The van der Waals surface area contributed by atoms with Crippen molar-refractivity contribution < 1.29 is 29.1 Å². The minimum atomic E-state index is -1.09. The third-order valence-electron chi connectivity index (χ3n) is 6.34. The van der Waals surface area contributed by atoms with E-state index < -0.39 is 53.8 Å². The molecule has 0 aliphatic carbocycles. The first-order valence-corrected chi connectivity index (χ1v) is 12.6. The molecule has 4 unspecified atom stereocenters. The van der Waals surface area contributed by atoms with E-state index in [2.05, 4.69) is 10.6 Å². The number of benzene rings is 1. The average molecular weight is 519 g/mol. The Morgan fingerprint density at radius 3 is 2.30 bits per heavy atom. The van der Waals surface area contributed by atoms with Crippen LogP contribution in [-0.2, 0) is 30.4 Å². The molecule has 1 heterocycles. The lowest BCUT2D eigenvalue weighted by Crippen LogP contribution is -2.57. The summed E-state index contributed by atoms with van der Waals surface area (Å²) in [6.45, 7) is 0.684. The molecule has 0 saturated carbocycles. The van der Waals surface area contributed by atoms with Gasteiger partial charge in [0, 0.05) is 19.4 Å². The molecule has 9 N–H and O–H groups in total. The maximum atomic E-state index is 13.4. The van der Waals surface area contributed by atoms with E-state index in [1.165, 1.54) is 4.90 Å². The molecular formula is C25H38N6O6. The Morgan fingerprint density at radius 2 is 1.68 bits per heavy atom. The summed E-state index contributed by atoms with van der Waals surface area (Å²) in [5.74, 6) is -3.39. The van der Waals surface area contributed by atoms with Gasteiger partial charge in [0.2, 0.25) is 23.6 Å². The van der Waals surface area contributed by atoms with Gasteiger partial charge in [-0.1, -0.05) is 30.3 Å². The molecule has 4 atom stereocenters. The van der Waals surface area contributed by atoms with E-state index in [0.29, 0.717) is 32.2 Å². The molecule has 1 aromatic rings. The fourth-order valence-electron chi connectivity index (χ4n) is 4.28. The monoisotopic (exact) mass is 518 g/mol. The zero-order valence-electron chi connectivity index (χ0n) is 20.9. The third-order valence-corrected chi connectivity index (χ3v) is 6.34. The van der Waals surface area contributed by atoms with E-state index in [0.717, 1.165) is 5.56 Å². The Morgan fingerprint density at radius 1 is 1.00 bits per heavy atom. The highest BCUT2D eigenvalue weighted by Gasteiger charge is 2.38. The van der Waals surface area contributed by atoms with E-state index in [1.807, 2.05) is 18.2 Å². The van der Waals surface area contributed by atoms with Gasteiger partial charge in [0.1, 0.15) is 18.1 Å². The van der Waals surface area contributed by atoms with Gasteiger partial charge in [0.25, 0.3) is 0 Å². The van der Waals surface area contributed by atoms with Crippen LogP contribution in [0.5, 0.6) is 0 Å². The number of aliphatic carboxylic acids is 1. The first kappa shape index (κ1) is 29.7. The molecule has 4 amide bonds. The van der Waals surface area contributed by atoms with Gasteiger partial charge in [0.15, 0.2) is 0 Å². The fraction of sp³-hybridized carbons (Fsp3) is 0.560. The molecular weight excluding hydrogens is 480 g/mol. The molecule has 0 spiro atoms. The number of hydrogen-bond donors (Lipinski definition) is 6. The molecule has 0 aromatic heterocycles. The number of nitrogens with zero attached hydrogens (tertiary/aromatic N) is 1. The number of likely N-dealkylation sites (tertiary alicyclic amines) is 1. The summed E-state index contributed by atoms with van der Waals surface area (Å²) in [5, 5.41) is 14.9. The minimum Gasteiger partial charge on any atom is -0.480 e. The van der Waals surface area contributed by atoms with Gasteiger partial charge in [-0.05, 0) is 50.6 Å². The maximum absolute atomic E-state index is 13.4. The maximum Gasteiger partial charge on any atom is 0.326 e. The Hall–Kier alpha value is -3.51. The Balaban J connectivity index is 2.21. The molecule has 37 heavy (non-hydrogen) atoms. The lowest BCUT2D eigenvalue weighted by molar-refractivity contribution is -0.149. The van der Waals surface area contributed by atoms with E-state index in [1.54, 1.807) is 12.1 Å². The van der Waals surface area contributed by atoms with Crippen LogP contribution in [0.1, 0.15) is 50.5 Å². The van der Waals surface area contributed by atoms with Crippen molar-refractivity contribution in [1.29, 1.82) is 0 Å². The van der Waals surface area contributed by atoms with Crippen LogP contribution in [0, 0.1) is 0 Å². The molecule has 1 aromatic carbocycles.